The van der Waals surface area contributed by atoms with Crippen molar-refractivity contribution in [3.63, 3.8) is 0 Å². The third-order valence-corrected chi connectivity index (χ3v) is 5.92. The number of anilines is 2. The van der Waals surface area contributed by atoms with Crippen molar-refractivity contribution in [3.05, 3.63) is 59.9 Å². The number of thioether (sulfide) groups is 1. The Bertz CT molecular complexity index is 1110. The molecule has 1 aliphatic rings. The van der Waals surface area contributed by atoms with Crippen LogP contribution in [0.25, 0.3) is 5.69 Å². The average Bonchev–Trinajstić information content (AvgIpc) is 3.01. The van der Waals surface area contributed by atoms with E-state index in [9.17, 15) is 9.59 Å². The summed E-state index contributed by atoms with van der Waals surface area (Å²) in [6, 6.07) is 15.2. The molecular formula is C22H23N5O2S. The van der Waals surface area contributed by atoms with Gasteiger partial charge in [0, 0.05) is 18.2 Å². The molecule has 2 heterocycles. The van der Waals surface area contributed by atoms with Crippen molar-refractivity contribution in [2.75, 3.05) is 16.0 Å². The van der Waals surface area contributed by atoms with Gasteiger partial charge < -0.3 is 10.2 Å². The summed E-state index contributed by atoms with van der Waals surface area (Å²) < 4.78 is 1.95. The average molecular weight is 422 g/mol. The third kappa shape index (κ3) is 3.95. The highest BCUT2D eigenvalue weighted by Crippen LogP contribution is 2.32. The van der Waals surface area contributed by atoms with Gasteiger partial charge in [-0.1, -0.05) is 36.0 Å². The molecule has 7 nitrogen and oxygen atoms in total. The van der Waals surface area contributed by atoms with E-state index < -0.39 is 0 Å². The van der Waals surface area contributed by atoms with E-state index in [0.29, 0.717) is 10.8 Å². The van der Waals surface area contributed by atoms with Crippen LogP contribution in [0.2, 0.25) is 0 Å². The zero-order valence-electron chi connectivity index (χ0n) is 17.1. The number of benzene rings is 2. The second-order valence-electron chi connectivity index (χ2n) is 7.38. The van der Waals surface area contributed by atoms with E-state index in [1.165, 1.54) is 11.8 Å². The molecule has 0 radical (unpaired) electrons. The van der Waals surface area contributed by atoms with Crippen LogP contribution in [-0.4, -0.2) is 38.4 Å². The molecule has 3 aromatic rings. The van der Waals surface area contributed by atoms with E-state index in [-0.39, 0.29) is 30.0 Å². The lowest BCUT2D eigenvalue weighted by molar-refractivity contribution is -0.117. The van der Waals surface area contributed by atoms with Crippen molar-refractivity contribution in [2.45, 2.75) is 38.4 Å². The molecule has 4 rings (SSSR count). The van der Waals surface area contributed by atoms with Crippen LogP contribution in [0.1, 0.15) is 24.7 Å². The molecular weight excluding hydrogens is 398 g/mol. The van der Waals surface area contributed by atoms with Gasteiger partial charge in [0.05, 0.1) is 17.1 Å². The summed E-state index contributed by atoms with van der Waals surface area (Å²) in [7, 11) is 0. The first-order chi connectivity index (χ1) is 14.4. The Morgan fingerprint density at radius 2 is 1.97 bits per heavy atom. The van der Waals surface area contributed by atoms with E-state index in [4.69, 9.17) is 0 Å². The molecule has 1 atom stereocenters. The molecule has 1 aromatic heterocycles. The summed E-state index contributed by atoms with van der Waals surface area (Å²) in [4.78, 5) is 27.1. The Morgan fingerprint density at radius 1 is 1.17 bits per heavy atom. The van der Waals surface area contributed by atoms with Crippen LogP contribution in [0.3, 0.4) is 0 Å². The van der Waals surface area contributed by atoms with Crippen molar-refractivity contribution >= 4 is 35.0 Å². The Morgan fingerprint density at radius 3 is 2.77 bits per heavy atom. The Balaban J connectivity index is 1.58. The van der Waals surface area contributed by atoms with E-state index in [0.717, 1.165) is 22.8 Å². The number of carbonyl (C=O) groups excluding carboxylic acids is 2. The Labute approximate surface area is 179 Å². The van der Waals surface area contributed by atoms with Gasteiger partial charge in [-0.2, -0.15) is 0 Å². The molecule has 1 N–H and O–H groups in total. The van der Waals surface area contributed by atoms with E-state index in [1.807, 2.05) is 67.8 Å². The Kier molecular flexibility index (Phi) is 5.59. The molecule has 154 valence electrons. The first-order valence-corrected chi connectivity index (χ1v) is 10.8. The van der Waals surface area contributed by atoms with Gasteiger partial charge in [0.2, 0.25) is 11.8 Å². The monoisotopic (exact) mass is 421 g/mol. The fraction of sp³-hybridized carbons (Fsp3) is 0.273. The largest absolute Gasteiger partial charge is 0.324 e. The maximum Gasteiger partial charge on any atom is 0.237 e. The number of hydrogen-bond acceptors (Lipinski definition) is 5. The lowest BCUT2D eigenvalue weighted by atomic mass is 10.2. The van der Waals surface area contributed by atoms with Gasteiger partial charge >= 0.3 is 0 Å². The second kappa shape index (κ2) is 8.31. The molecule has 1 unspecified atom stereocenters. The standard InChI is InChI=1S/C22H23N5O2S/c1-14-7-6-8-17(11-14)27-16(3)24-25-22(27)30-13-21(29)26-15(2)12-20(28)23-18-9-4-5-10-19(18)26/h4-11,15H,12-13H2,1-3H3,(H,23,28). The first-order valence-electron chi connectivity index (χ1n) is 9.77. The van der Waals surface area contributed by atoms with Crippen LogP contribution in [-0.2, 0) is 9.59 Å². The molecule has 0 fully saturated rings. The lowest BCUT2D eigenvalue weighted by Crippen LogP contribution is -2.40. The summed E-state index contributed by atoms with van der Waals surface area (Å²) in [5.41, 5.74) is 3.48. The number of carbonyl (C=O) groups is 2. The van der Waals surface area contributed by atoms with Crippen LogP contribution in [0.4, 0.5) is 11.4 Å². The topological polar surface area (TPSA) is 80.1 Å². The van der Waals surface area contributed by atoms with Crippen molar-refractivity contribution < 1.29 is 9.59 Å². The minimum Gasteiger partial charge on any atom is -0.324 e. The maximum absolute atomic E-state index is 13.2. The van der Waals surface area contributed by atoms with E-state index >= 15 is 0 Å². The van der Waals surface area contributed by atoms with Crippen molar-refractivity contribution in [2.24, 2.45) is 0 Å². The van der Waals surface area contributed by atoms with Crippen LogP contribution < -0.4 is 10.2 Å². The number of aryl methyl sites for hydroxylation is 2. The molecule has 0 aliphatic carbocycles. The quantitative estimate of drug-likeness (QED) is 0.649. The second-order valence-corrected chi connectivity index (χ2v) is 8.32. The van der Waals surface area contributed by atoms with Gasteiger partial charge in [0.25, 0.3) is 0 Å². The van der Waals surface area contributed by atoms with Gasteiger partial charge in [0.1, 0.15) is 5.82 Å². The number of nitrogens with one attached hydrogen (secondary N) is 1. The predicted molar refractivity (Wildman–Crippen MR) is 118 cm³/mol. The van der Waals surface area contributed by atoms with Gasteiger partial charge in [-0.3, -0.25) is 14.2 Å². The van der Waals surface area contributed by atoms with Gasteiger partial charge in [0.15, 0.2) is 5.16 Å². The normalized spacial score (nSPS) is 16.0. The minimum atomic E-state index is -0.238. The summed E-state index contributed by atoms with van der Waals surface area (Å²) in [5.74, 6) is 0.788. The molecule has 2 aromatic carbocycles. The summed E-state index contributed by atoms with van der Waals surface area (Å²) in [5, 5.41) is 12.0. The summed E-state index contributed by atoms with van der Waals surface area (Å²) in [6.07, 6.45) is 0.254. The van der Waals surface area contributed by atoms with E-state index in [2.05, 4.69) is 21.6 Å². The molecule has 0 bridgehead atoms. The molecule has 0 saturated heterocycles. The summed E-state index contributed by atoms with van der Waals surface area (Å²) >= 11 is 1.35. The predicted octanol–water partition coefficient (Wildman–Crippen LogP) is 3.74. The number of fused-ring (bicyclic) bond motifs is 1. The maximum atomic E-state index is 13.2. The highest BCUT2D eigenvalue weighted by Gasteiger charge is 2.29. The SMILES string of the molecule is Cc1cccc(-n2c(C)nnc2SCC(=O)N2c3ccccc3NC(=O)CC2C)c1. The van der Waals surface area contributed by atoms with E-state index in [1.54, 1.807) is 4.90 Å². The van der Waals surface area contributed by atoms with Crippen LogP contribution >= 0.6 is 11.8 Å². The van der Waals surface area contributed by atoms with Crippen molar-refractivity contribution in [1.82, 2.24) is 14.8 Å². The summed E-state index contributed by atoms with van der Waals surface area (Å²) in [6.45, 7) is 5.82. The first kappa shape index (κ1) is 20.2. The number of hydrogen-bond donors (Lipinski definition) is 1. The van der Waals surface area contributed by atoms with Crippen molar-refractivity contribution in [1.29, 1.82) is 0 Å². The highest BCUT2D eigenvalue weighted by atomic mass is 32.2. The number of aromatic nitrogens is 3. The zero-order valence-corrected chi connectivity index (χ0v) is 17.9. The number of nitrogens with zero attached hydrogens (tertiary/aromatic N) is 4. The highest BCUT2D eigenvalue weighted by molar-refractivity contribution is 7.99. The smallest absolute Gasteiger partial charge is 0.237 e. The lowest BCUT2D eigenvalue weighted by Gasteiger charge is -2.27. The number of rotatable bonds is 4. The van der Waals surface area contributed by atoms with Crippen LogP contribution in [0, 0.1) is 13.8 Å². The van der Waals surface area contributed by atoms with Gasteiger partial charge in [-0.05, 0) is 50.6 Å². The van der Waals surface area contributed by atoms with Gasteiger partial charge in [-0.25, -0.2) is 0 Å². The Hall–Kier alpha value is -3.13. The van der Waals surface area contributed by atoms with Crippen LogP contribution in [0.15, 0.2) is 53.7 Å². The third-order valence-electron chi connectivity index (χ3n) is 5.01. The fourth-order valence-corrected chi connectivity index (χ4v) is 4.52. The van der Waals surface area contributed by atoms with Crippen molar-refractivity contribution in [3.8, 4) is 5.69 Å². The number of amides is 2. The minimum absolute atomic E-state index is 0.0760. The number of para-hydroxylation sites is 2. The molecule has 0 saturated carbocycles. The van der Waals surface area contributed by atoms with Crippen LogP contribution in [0.5, 0.6) is 0 Å². The molecule has 8 heteroatoms. The molecule has 2 amide bonds. The fourth-order valence-electron chi connectivity index (χ4n) is 3.66. The zero-order chi connectivity index (χ0) is 21.3. The molecule has 30 heavy (non-hydrogen) atoms. The molecule has 0 spiro atoms. The van der Waals surface area contributed by atoms with Gasteiger partial charge in [-0.15, -0.1) is 10.2 Å². The molecule has 1 aliphatic heterocycles.